The molecule has 0 radical (unpaired) electrons. The van der Waals surface area contributed by atoms with Crippen LogP contribution in [-0.4, -0.2) is 46.9 Å². The zero-order chi connectivity index (χ0) is 21.5. The maximum absolute atomic E-state index is 12.1. The molecule has 0 saturated carbocycles. The Morgan fingerprint density at radius 1 is 1.26 bits per heavy atom. The smallest absolute Gasteiger partial charge is 0.426 e. The quantitative estimate of drug-likeness (QED) is 0.559. The molecule has 1 amide bonds. The lowest BCUT2D eigenvalue weighted by atomic mass is 10.2. The largest absolute Gasteiger partial charge is 0.443 e. The molecule has 1 aliphatic heterocycles. The lowest BCUT2D eigenvalue weighted by molar-refractivity contribution is 0.123. The normalized spacial score (nSPS) is 13.6. The molecule has 10 nitrogen and oxygen atoms in total. The number of carbonyl (C=O) groups is 1. The summed E-state index contributed by atoms with van der Waals surface area (Å²) in [6, 6.07) is 13.4. The molecule has 0 spiro atoms. The van der Waals surface area contributed by atoms with Gasteiger partial charge in [-0.3, -0.25) is 5.43 Å². The van der Waals surface area contributed by atoms with Gasteiger partial charge in [-0.1, -0.05) is 30.3 Å². The average Bonchev–Trinajstić information content (AvgIpc) is 3.23. The number of hydrogen-bond acceptors (Lipinski definition) is 8. The number of fused-ring (bicyclic) bond motifs is 1. The van der Waals surface area contributed by atoms with Gasteiger partial charge < -0.3 is 18.9 Å². The third-order valence-corrected chi connectivity index (χ3v) is 4.87. The molecule has 1 aliphatic rings. The molecule has 0 unspecified atom stereocenters. The Morgan fingerprint density at radius 3 is 2.84 bits per heavy atom. The molecule has 2 aromatic heterocycles. The van der Waals surface area contributed by atoms with Crippen molar-refractivity contribution in [2.45, 2.75) is 19.6 Å². The zero-order valence-electron chi connectivity index (χ0n) is 17.0. The van der Waals surface area contributed by atoms with Gasteiger partial charge in [-0.05, 0) is 5.56 Å². The third kappa shape index (κ3) is 5.02. The van der Waals surface area contributed by atoms with Crippen LogP contribution in [0.5, 0.6) is 0 Å². The van der Waals surface area contributed by atoms with Crippen molar-refractivity contribution < 1.29 is 14.3 Å². The van der Waals surface area contributed by atoms with Crippen molar-refractivity contribution in [1.82, 2.24) is 20.0 Å². The topological polar surface area (TPSA) is 117 Å². The fourth-order valence-corrected chi connectivity index (χ4v) is 3.34. The molecule has 4 rings (SSSR count). The van der Waals surface area contributed by atoms with Crippen molar-refractivity contribution in [3.05, 3.63) is 48.3 Å². The van der Waals surface area contributed by atoms with E-state index in [0.29, 0.717) is 37.6 Å². The number of amides is 1. The first-order valence-corrected chi connectivity index (χ1v) is 10.0. The summed E-state index contributed by atoms with van der Waals surface area (Å²) in [4.78, 5) is 23.4. The predicted molar refractivity (Wildman–Crippen MR) is 114 cm³/mol. The van der Waals surface area contributed by atoms with Crippen LogP contribution < -0.4 is 15.8 Å². The van der Waals surface area contributed by atoms with Gasteiger partial charge >= 0.3 is 6.09 Å². The minimum absolute atomic E-state index is 0.167. The van der Waals surface area contributed by atoms with E-state index < -0.39 is 6.09 Å². The van der Waals surface area contributed by atoms with E-state index in [1.54, 1.807) is 6.33 Å². The number of ether oxygens (including phenoxy) is 2. The van der Waals surface area contributed by atoms with Gasteiger partial charge in [0.15, 0.2) is 5.65 Å². The number of rotatable bonds is 7. The van der Waals surface area contributed by atoms with Crippen LogP contribution in [0.25, 0.3) is 11.2 Å². The van der Waals surface area contributed by atoms with Crippen molar-refractivity contribution in [2.24, 2.45) is 0 Å². The molecule has 1 saturated heterocycles. The fraction of sp³-hybridized carbons (Fsp3) is 0.333. The Bertz CT molecular complexity index is 1070. The van der Waals surface area contributed by atoms with Crippen LogP contribution in [0.3, 0.4) is 0 Å². The van der Waals surface area contributed by atoms with Crippen LogP contribution in [0.4, 0.5) is 16.3 Å². The Morgan fingerprint density at radius 2 is 2.06 bits per heavy atom. The lowest BCUT2D eigenvalue weighted by Gasteiger charge is -2.29. The van der Waals surface area contributed by atoms with Gasteiger partial charge in [0.1, 0.15) is 17.9 Å². The average molecular weight is 421 g/mol. The molecular formula is C21H23N7O3. The Hall–Kier alpha value is -3.84. The Labute approximate surface area is 179 Å². The van der Waals surface area contributed by atoms with Gasteiger partial charge in [0, 0.05) is 25.7 Å². The molecule has 3 heterocycles. The van der Waals surface area contributed by atoms with E-state index in [1.165, 1.54) is 0 Å². The van der Waals surface area contributed by atoms with Crippen LogP contribution in [-0.2, 0) is 22.6 Å². The van der Waals surface area contributed by atoms with E-state index in [9.17, 15) is 4.79 Å². The Kier molecular flexibility index (Phi) is 6.44. The number of imidazole rings is 1. The molecule has 0 bridgehead atoms. The molecular weight excluding hydrogens is 398 g/mol. The van der Waals surface area contributed by atoms with E-state index in [4.69, 9.17) is 14.7 Å². The molecule has 31 heavy (non-hydrogen) atoms. The number of aromatic nitrogens is 3. The SMILES string of the molecule is N#CCCn1cnc2c(N3CCOCC3)cc(NNC(=O)OCc3ccccc3)nc21. The first kappa shape index (κ1) is 20.4. The number of hydrazine groups is 1. The summed E-state index contributed by atoms with van der Waals surface area (Å²) in [7, 11) is 0. The zero-order valence-corrected chi connectivity index (χ0v) is 17.0. The molecule has 1 fully saturated rings. The highest BCUT2D eigenvalue weighted by Crippen LogP contribution is 2.28. The summed E-state index contributed by atoms with van der Waals surface area (Å²) >= 11 is 0. The molecule has 0 atom stereocenters. The number of pyridine rings is 1. The monoisotopic (exact) mass is 421 g/mol. The Balaban J connectivity index is 1.50. The van der Waals surface area contributed by atoms with Gasteiger partial charge in [0.25, 0.3) is 0 Å². The van der Waals surface area contributed by atoms with E-state index in [2.05, 4.69) is 31.8 Å². The number of benzene rings is 1. The summed E-state index contributed by atoms with van der Waals surface area (Å²) in [5.74, 6) is 0.448. The standard InChI is InChI=1S/C21H23N7O3/c22-7-4-8-28-15-23-19-17(27-9-11-30-12-10-27)13-18(24-20(19)28)25-26-21(29)31-14-16-5-2-1-3-6-16/h1-3,5-6,13,15H,4,8-12,14H2,(H,24,25)(H,26,29). The van der Waals surface area contributed by atoms with Gasteiger partial charge in [0.2, 0.25) is 0 Å². The first-order chi connectivity index (χ1) is 15.2. The maximum Gasteiger partial charge on any atom is 0.426 e. The summed E-state index contributed by atoms with van der Waals surface area (Å²) in [6.45, 7) is 3.38. The van der Waals surface area contributed by atoms with Crippen molar-refractivity contribution >= 4 is 28.8 Å². The highest BCUT2D eigenvalue weighted by molar-refractivity contribution is 5.88. The predicted octanol–water partition coefficient (Wildman–Crippen LogP) is 2.43. The molecule has 2 N–H and O–H groups in total. The van der Waals surface area contributed by atoms with Gasteiger partial charge in [-0.25, -0.2) is 20.2 Å². The summed E-state index contributed by atoms with van der Waals surface area (Å²) in [5, 5.41) is 8.93. The van der Waals surface area contributed by atoms with Crippen LogP contribution >= 0.6 is 0 Å². The van der Waals surface area contributed by atoms with E-state index in [0.717, 1.165) is 29.9 Å². The molecule has 1 aromatic carbocycles. The summed E-state index contributed by atoms with van der Waals surface area (Å²) < 4.78 is 12.5. The number of aryl methyl sites for hydroxylation is 1. The highest BCUT2D eigenvalue weighted by atomic mass is 16.6. The van der Waals surface area contributed by atoms with E-state index >= 15 is 0 Å². The van der Waals surface area contributed by atoms with Crippen molar-refractivity contribution in [2.75, 3.05) is 36.6 Å². The molecule has 10 heteroatoms. The summed E-state index contributed by atoms with van der Waals surface area (Å²) in [6.07, 6.45) is 1.42. The third-order valence-electron chi connectivity index (χ3n) is 4.87. The first-order valence-electron chi connectivity index (χ1n) is 10.0. The van der Waals surface area contributed by atoms with Crippen LogP contribution in [0.2, 0.25) is 0 Å². The second-order valence-electron chi connectivity index (χ2n) is 6.96. The number of anilines is 2. The lowest BCUT2D eigenvalue weighted by Crippen LogP contribution is -2.36. The van der Waals surface area contributed by atoms with Crippen LogP contribution in [0.15, 0.2) is 42.7 Å². The van der Waals surface area contributed by atoms with Crippen molar-refractivity contribution in [3.63, 3.8) is 0 Å². The van der Waals surface area contributed by atoms with Crippen molar-refractivity contribution in [3.8, 4) is 6.07 Å². The molecule has 3 aromatic rings. The highest BCUT2D eigenvalue weighted by Gasteiger charge is 2.19. The number of nitrogens with one attached hydrogen (secondary N) is 2. The number of carbonyl (C=O) groups excluding carboxylic acids is 1. The van der Waals surface area contributed by atoms with Gasteiger partial charge in [0.05, 0.1) is 37.7 Å². The van der Waals surface area contributed by atoms with Crippen LogP contribution in [0, 0.1) is 11.3 Å². The summed E-state index contributed by atoms with van der Waals surface area (Å²) in [5.41, 5.74) is 8.52. The van der Waals surface area contributed by atoms with Crippen LogP contribution in [0.1, 0.15) is 12.0 Å². The van der Waals surface area contributed by atoms with Gasteiger partial charge in [-0.15, -0.1) is 0 Å². The maximum atomic E-state index is 12.1. The number of nitriles is 1. The number of morpholine rings is 1. The fourth-order valence-electron chi connectivity index (χ4n) is 3.34. The second-order valence-corrected chi connectivity index (χ2v) is 6.96. The number of nitrogens with zero attached hydrogens (tertiary/aromatic N) is 5. The minimum Gasteiger partial charge on any atom is -0.443 e. The van der Waals surface area contributed by atoms with Crippen molar-refractivity contribution in [1.29, 1.82) is 5.26 Å². The van der Waals surface area contributed by atoms with E-state index in [-0.39, 0.29) is 6.61 Å². The minimum atomic E-state index is -0.614. The second kappa shape index (κ2) is 9.77. The number of hydrogen-bond donors (Lipinski definition) is 2. The van der Waals surface area contributed by atoms with Gasteiger partial charge in [-0.2, -0.15) is 5.26 Å². The molecule has 0 aliphatic carbocycles. The molecule has 160 valence electrons. The van der Waals surface area contributed by atoms with E-state index in [1.807, 2.05) is 41.0 Å².